The lowest BCUT2D eigenvalue weighted by atomic mass is 10.1. The minimum atomic E-state index is 0.367. The van der Waals surface area contributed by atoms with Crippen LogP contribution in [-0.2, 0) is 0 Å². The van der Waals surface area contributed by atoms with Crippen molar-refractivity contribution in [3.05, 3.63) is 0 Å². The zero-order chi connectivity index (χ0) is 34.7. The van der Waals surface area contributed by atoms with Crippen molar-refractivity contribution in [2.24, 2.45) is 0 Å². The molecule has 0 radical (unpaired) electrons. The van der Waals surface area contributed by atoms with Crippen LogP contribution < -0.4 is 0 Å². The molecule has 0 fully saturated rings. The molecule has 0 saturated heterocycles. The molecule has 0 saturated carbocycles. The van der Waals surface area contributed by atoms with Crippen molar-refractivity contribution in [1.82, 2.24) is 0 Å². The van der Waals surface area contributed by atoms with Crippen molar-refractivity contribution in [2.45, 2.75) is 227 Å². The van der Waals surface area contributed by atoms with Gasteiger partial charge in [-0.05, 0) is 32.1 Å². The summed E-state index contributed by atoms with van der Waals surface area (Å²) >= 11 is 0. The molecule has 0 unspecified atom stereocenters. The summed E-state index contributed by atoms with van der Waals surface area (Å²) < 4.78 is 0. The Balaban J connectivity index is -0.000000148. The molecule has 280 valence electrons. The molecule has 5 heteroatoms. The van der Waals surface area contributed by atoms with E-state index in [-0.39, 0.29) is 0 Å². The van der Waals surface area contributed by atoms with Crippen LogP contribution in [0.1, 0.15) is 227 Å². The third kappa shape index (κ3) is 86.2. The van der Waals surface area contributed by atoms with E-state index in [9.17, 15) is 0 Å². The second-order valence-corrected chi connectivity index (χ2v) is 12.5. The number of unbranched alkanes of at least 4 members (excludes halogenated alkanes) is 25. The number of rotatable bonds is 30. The van der Waals surface area contributed by atoms with Gasteiger partial charge in [-0.1, -0.05) is 195 Å². The maximum atomic E-state index is 8.42. The topological polar surface area (TPSA) is 101 Å². The van der Waals surface area contributed by atoms with E-state index in [1.165, 1.54) is 161 Å². The van der Waals surface area contributed by atoms with Crippen LogP contribution in [0.15, 0.2) is 0 Å². The zero-order valence-corrected chi connectivity index (χ0v) is 32.0. The molecule has 5 nitrogen and oxygen atoms in total. The average molecular weight is 651 g/mol. The van der Waals surface area contributed by atoms with Crippen molar-refractivity contribution in [3.63, 3.8) is 0 Å². The summed E-state index contributed by atoms with van der Waals surface area (Å²) in [6.07, 6.45) is 37.5. The van der Waals surface area contributed by atoms with Crippen molar-refractivity contribution < 1.29 is 25.5 Å². The predicted octanol–water partition coefficient (Wildman–Crippen LogP) is 11.7. The van der Waals surface area contributed by atoms with Crippen molar-refractivity contribution in [2.75, 3.05) is 33.0 Å². The van der Waals surface area contributed by atoms with Crippen LogP contribution in [0.25, 0.3) is 0 Å². The van der Waals surface area contributed by atoms with Crippen LogP contribution in [-0.4, -0.2) is 58.6 Å². The Morgan fingerprint density at radius 3 is 0.400 bits per heavy atom. The Morgan fingerprint density at radius 1 is 0.178 bits per heavy atom. The van der Waals surface area contributed by atoms with Gasteiger partial charge in [-0.15, -0.1) is 0 Å². The molecular weight excluding hydrogens is 560 g/mol. The molecular formula is C40H90O5. The fourth-order valence-corrected chi connectivity index (χ4v) is 4.46. The van der Waals surface area contributed by atoms with E-state index in [1.54, 1.807) is 0 Å². The van der Waals surface area contributed by atoms with Crippen molar-refractivity contribution in [1.29, 1.82) is 0 Å². The number of hydrogen-bond donors (Lipinski definition) is 5. The van der Waals surface area contributed by atoms with Crippen LogP contribution in [0.2, 0.25) is 0 Å². The summed E-state index contributed by atoms with van der Waals surface area (Å²) in [4.78, 5) is 0. The largest absolute Gasteiger partial charge is 0.396 e. The second kappa shape index (κ2) is 66.3. The van der Waals surface area contributed by atoms with Gasteiger partial charge in [0.05, 0.1) is 0 Å². The molecule has 0 atom stereocenters. The second-order valence-electron chi connectivity index (χ2n) is 12.5. The molecule has 0 aliphatic rings. The van der Waals surface area contributed by atoms with E-state index in [0.717, 1.165) is 32.1 Å². The fourth-order valence-electron chi connectivity index (χ4n) is 4.46. The smallest absolute Gasteiger partial charge is 0.0431 e. The monoisotopic (exact) mass is 651 g/mol. The first-order valence-electron chi connectivity index (χ1n) is 20.1. The molecule has 5 N–H and O–H groups in total. The highest BCUT2D eigenvalue weighted by Gasteiger charge is 1.89. The van der Waals surface area contributed by atoms with Gasteiger partial charge in [0.1, 0.15) is 0 Å². The summed E-state index contributed by atoms with van der Waals surface area (Å²) in [7, 11) is 0. The number of aliphatic hydroxyl groups is 5. The molecule has 0 rings (SSSR count). The Morgan fingerprint density at radius 2 is 0.289 bits per heavy atom. The van der Waals surface area contributed by atoms with Crippen molar-refractivity contribution >= 4 is 0 Å². The minimum absolute atomic E-state index is 0.367. The lowest BCUT2D eigenvalue weighted by Gasteiger charge is -1.95. The van der Waals surface area contributed by atoms with E-state index in [4.69, 9.17) is 25.5 Å². The van der Waals surface area contributed by atoms with Gasteiger partial charge in [0.15, 0.2) is 0 Å². The summed E-state index contributed by atoms with van der Waals surface area (Å²) in [5, 5.41) is 42.1. The van der Waals surface area contributed by atoms with Gasteiger partial charge < -0.3 is 25.5 Å². The van der Waals surface area contributed by atoms with Gasteiger partial charge in [-0.3, -0.25) is 0 Å². The van der Waals surface area contributed by atoms with E-state index in [0.29, 0.717) is 33.0 Å². The third-order valence-electron chi connectivity index (χ3n) is 7.56. The normalized spacial score (nSPS) is 10.0. The quantitative estimate of drug-likeness (QED) is 0.0498. The van der Waals surface area contributed by atoms with Gasteiger partial charge in [0.25, 0.3) is 0 Å². The molecule has 0 aliphatic carbocycles. The SMILES string of the molecule is CCCCCCCCO.CCCCCCCCO.CCCCCCCCO.CCCCCCCCO.CCCCCCCCO. The predicted molar refractivity (Wildman–Crippen MR) is 202 cm³/mol. The zero-order valence-electron chi connectivity index (χ0n) is 32.0. The highest BCUT2D eigenvalue weighted by Crippen LogP contribution is 2.06. The van der Waals surface area contributed by atoms with Crippen LogP contribution in [0.4, 0.5) is 0 Å². The molecule has 0 spiro atoms. The Hall–Kier alpha value is -0.200. The van der Waals surface area contributed by atoms with E-state index >= 15 is 0 Å². The first-order valence-corrected chi connectivity index (χ1v) is 20.1. The fraction of sp³-hybridized carbons (Fsp3) is 1.00. The third-order valence-corrected chi connectivity index (χ3v) is 7.56. The van der Waals surface area contributed by atoms with Gasteiger partial charge in [-0.2, -0.15) is 0 Å². The molecule has 45 heavy (non-hydrogen) atoms. The highest BCUT2D eigenvalue weighted by molar-refractivity contribution is 4.44. The molecule has 0 aromatic heterocycles. The van der Waals surface area contributed by atoms with Gasteiger partial charge in [-0.25, -0.2) is 0 Å². The van der Waals surface area contributed by atoms with E-state index in [2.05, 4.69) is 34.6 Å². The highest BCUT2D eigenvalue weighted by atomic mass is 16.3. The Kier molecular flexibility index (Phi) is 79.9. The first-order chi connectivity index (χ1) is 22.1. The van der Waals surface area contributed by atoms with Gasteiger partial charge in [0.2, 0.25) is 0 Å². The number of hydrogen-bond acceptors (Lipinski definition) is 5. The lowest BCUT2D eigenvalue weighted by Crippen LogP contribution is -1.82. The summed E-state index contributed by atoms with van der Waals surface area (Å²) in [6, 6.07) is 0. The Labute approximate surface area is 285 Å². The van der Waals surface area contributed by atoms with Crippen molar-refractivity contribution in [3.8, 4) is 0 Å². The Bertz CT molecular complexity index is 270. The van der Waals surface area contributed by atoms with Crippen LogP contribution in [0.5, 0.6) is 0 Å². The summed E-state index contributed by atoms with van der Waals surface area (Å²) in [5.41, 5.74) is 0. The summed E-state index contributed by atoms with van der Waals surface area (Å²) in [5.74, 6) is 0. The molecule has 0 aliphatic heterocycles. The molecule has 0 heterocycles. The molecule has 0 aromatic carbocycles. The van der Waals surface area contributed by atoms with Crippen LogP contribution >= 0.6 is 0 Å². The van der Waals surface area contributed by atoms with E-state index in [1.807, 2.05) is 0 Å². The van der Waals surface area contributed by atoms with Gasteiger partial charge >= 0.3 is 0 Å². The van der Waals surface area contributed by atoms with Gasteiger partial charge in [0, 0.05) is 33.0 Å². The average Bonchev–Trinajstić information content (AvgIpc) is 3.06. The molecule has 0 aromatic rings. The molecule has 0 bridgehead atoms. The first kappa shape index (κ1) is 54.3. The number of aliphatic hydroxyl groups excluding tert-OH is 5. The maximum absolute atomic E-state index is 8.42. The summed E-state index contributed by atoms with van der Waals surface area (Å²) in [6.45, 7) is 12.9. The van der Waals surface area contributed by atoms with E-state index < -0.39 is 0 Å². The standard InChI is InChI=1S/5C8H18O/c5*1-2-3-4-5-6-7-8-9/h5*9H,2-8H2,1H3. The lowest BCUT2D eigenvalue weighted by molar-refractivity contribution is 0.282. The van der Waals surface area contributed by atoms with Crippen LogP contribution in [0.3, 0.4) is 0 Å². The minimum Gasteiger partial charge on any atom is -0.396 e. The van der Waals surface area contributed by atoms with Crippen LogP contribution in [0, 0.1) is 0 Å². The molecule has 0 amide bonds. The maximum Gasteiger partial charge on any atom is 0.0431 e.